The number of nitrogens with one attached hydrogen (secondary N) is 2. The van der Waals surface area contributed by atoms with Gasteiger partial charge in [-0.05, 0) is 45.0 Å². The van der Waals surface area contributed by atoms with Crippen LogP contribution < -0.4 is 10.0 Å². The van der Waals surface area contributed by atoms with Crippen LogP contribution >= 0.6 is 11.6 Å². The number of hydrogen-bond donors (Lipinski definition) is 2. The molecule has 1 aromatic carbocycles. The minimum Gasteiger partial charge on any atom is -0.316 e. The number of anilines is 1. The summed E-state index contributed by atoms with van der Waals surface area (Å²) in [6.07, 6.45) is 2.29. The molecule has 2 rings (SSSR count). The Morgan fingerprint density at radius 2 is 1.93 bits per heavy atom. The number of nitrogens with zero attached hydrogens (tertiary/aromatic N) is 2. The molecule has 0 radical (unpaired) electrons. The molecule has 0 saturated heterocycles. The molecule has 0 aliphatic rings. The van der Waals surface area contributed by atoms with Gasteiger partial charge in [-0.15, -0.1) is 0 Å². The summed E-state index contributed by atoms with van der Waals surface area (Å²) in [5.74, 6) is -0.729. The summed E-state index contributed by atoms with van der Waals surface area (Å²) in [4.78, 5) is 26.2. The van der Waals surface area contributed by atoms with Crippen molar-refractivity contribution in [3.63, 3.8) is 0 Å². The molecule has 9 nitrogen and oxygen atoms in total. The zero-order valence-electron chi connectivity index (χ0n) is 14.7. The maximum absolute atomic E-state index is 12.5. The minimum absolute atomic E-state index is 0.0280. The van der Waals surface area contributed by atoms with Gasteiger partial charge in [0, 0.05) is 17.3 Å². The Kier molecular flexibility index (Phi) is 5.83. The number of hydrogen-bond acceptors (Lipinski definition) is 6. The molecule has 11 heteroatoms. The molecule has 0 saturated carbocycles. The zero-order valence-corrected chi connectivity index (χ0v) is 16.3. The van der Waals surface area contributed by atoms with Crippen molar-refractivity contribution in [2.75, 3.05) is 5.32 Å². The highest BCUT2D eigenvalue weighted by molar-refractivity contribution is 7.89. The number of nitro groups is 1. The molecule has 0 unspecified atom stereocenters. The number of aromatic nitrogens is 1. The average molecular weight is 413 g/mol. The number of sulfonamides is 1. The van der Waals surface area contributed by atoms with Crippen LogP contribution in [0.3, 0.4) is 0 Å². The van der Waals surface area contributed by atoms with Crippen LogP contribution in [-0.4, -0.2) is 29.8 Å². The van der Waals surface area contributed by atoms with Crippen molar-refractivity contribution >= 4 is 38.9 Å². The van der Waals surface area contributed by atoms with E-state index >= 15 is 0 Å². The molecule has 0 fully saturated rings. The fourth-order valence-electron chi connectivity index (χ4n) is 2.14. The number of halogens is 1. The molecule has 0 aliphatic carbocycles. The second kappa shape index (κ2) is 7.59. The van der Waals surface area contributed by atoms with Crippen LogP contribution in [0, 0.1) is 10.1 Å². The van der Waals surface area contributed by atoms with Crippen LogP contribution in [0.1, 0.15) is 31.1 Å². The Labute approximate surface area is 161 Å². The van der Waals surface area contributed by atoms with Gasteiger partial charge in [-0.25, -0.2) is 13.1 Å². The number of rotatable bonds is 5. The summed E-state index contributed by atoms with van der Waals surface area (Å²) < 4.78 is 27.5. The molecule has 0 atom stereocenters. The van der Waals surface area contributed by atoms with Crippen molar-refractivity contribution in [1.82, 2.24) is 9.71 Å². The van der Waals surface area contributed by atoms with Gasteiger partial charge < -0.3 is 5.32 Å². The maximum atomic E-state index is 12.5. The highest BCUT2D eigenvalue weighted by Crippen LogP contribution is 2.26. The van der Waals surface area contributed by atoms with Crippen LogP contribution in [0.5, 0.6) is 0 Å². The summed E-state index contributed by atoms with van der Waals surface area (Å²) in [7, 11) is -3.98. The molecule has 0 spiro atoms. The first-order valence-electron chi connectivity index (χ1n) is 7.64. The number of carbonyl (C=O) groups is 1. The lowest BCUT2D eigenvalue weighted by Crippen LogP contribution is -2.40. The molecule has 0 bridgehead atoms. The van der Waals surface area contributed by atoms with Crippen molar-refractivity contribution in [3.05, 3.63) is 57.4 Å². The molecule has 2 N–H and O–H groups in total. The van der Waals surface area contributed by atoms with Crippen molar-refractivity contribution in [2.24, 2.45) is 0 Å². The second-order valence-corrected chi connectivity index (χ2v) is 8.66. The van der Waals surface area contributed by atoms with E-state index in [1.54, 1.807) is 20.8 Å². The van der Waals surface area contributed by atoms with E-state index in [4.69, 9.17) is 11.6 Å². The average Bonchev–Trinajstić information content (AvgIpc) is 2.53. The minimum atomic E-state index is -3.98. The Balaban J connectivity index is 2.38. The van der Waals surface area contributed by atoms with E-state index in [1.165, 1.54) is 24.4 Å². The lowest BCUT2D eigenvalue weighted by Gasteiger charge is -2.21. The Morgan fingerprint density at radius 3 is 2.52 bits per heavy atom. The van der Waals surface area contributed by atoms with Gasteiger partial charge in [0.1, 0.15) is 16.8 Å². The van der Waals surface area contributed by atoms with Gasteiger partial charge in [0.15, 0.2) is 0 Å². The fraction of sp³-hybridized carbons (Fsp3) is 0.250. The van der Waals surface area contributed by atoms with Gasteiger partial charge >= 0.3 is 5.69 Å². The van der Waals surface area contributed by atoms with Crippen LogP contribution in [-0.2, 0) is 10.0 Å². The topological polar surface area (TPSA) is 131 Å². The molecule has 1 heterocycles. The summed E-state index contributed by atoms with van der Waals surface area (Å²) in [5, 5.41) is 13.3. The third-order valence-corrected chi connectivity index (χ3v) is 5.41. The van der Waals surface area contributed by atoms with Crippen LogP contribution in [0.15, 0.2) is 41.6 Å². The molecule has 1 amide bonds. The number of amides is 1. The Morgan fingerprint density at radius 1 is 1.26 bits per heavy atom. The van der Waals surface area contributed by atoms with Crippen molar-refractivity contribution in [1.29, 1.82) is 0 Å². The normalized spacial score (nSPS) is 11.9. The summed E-state index contributed by atoms with van der Waals surface area (Å²) >= 11 is 5.99. The van der Waals surface area contributed by atoms with E-state index < -0.39 is 26.4 Å². The zero-order chi connectivity index (χ0) is 20.4. The van der Waals surface area contributed by atoms with Gasteiger partial charge in [-0.3, -0.25) is 19.9 Å². The first-order chi connectivity index (χ1) is 12.4. The third kappa shape index (κ3) is 5.22. The first-order valence-corrected chi connectivity index (χ1v) is 9.50. The van der Waals surface area contributed by atoms with Crippen LogP contribution in [0.2, 0.25) is 5.02 Å². The predicted molar refractivity (Wildman–Crippen MR) is 100 cm³/mol. The molecule has 2 aromatic rings. The van der Waals surface area contributed by atoms with Gasteiger partial charge in [0.05, 0.1) is 9.95 Å². The van der Waals surface area contributed by atoms with Crippen molar-refractivity contribution in [3.8, 4) is 0 Å². The monoisotopic (exact) mass is 412 g/mol. The van der Waals surface area contributed by atoms with E-state index in [0.29, 0.717) is 0 Å². The molecule has 1 aromatic heterocycles. The van der Waals surface area contributed by atoms with E-state index in [9.17, 15) is 23.3 Å². The lowest BCUT2D eigenvalue weighted by molar-refractivity contribution is -0.384. The number of pyridine rings is 1. The summed E-state index contributed by atoms with van der Waals surface area (Å²) in [5.41, 5.74) is -1.23. The van der Waals surface area contributed by atoms with Crippen LogP contribution in [0.25, 0.3) is 0 Å². The van der Waals surface area contributed by atoms with Gasteiger partial charge in [-0.2, -0.15) is 0 Å². The van der Waals surface area contributed by atoms with Gasteiger partial charge in [-0.1, -0.05) is 11.6 Å². The SMILES string of the molecule is CC(C)(C)NS(=O)(=O)c1cc(C(=O)Nc2ccncc2[N+](=O)[O-])ccc1Cl. The quantitative estimate of drug-likeness (QED) is 0.573. The Bertz CT molecular complexity index is 1000. The summed E-state index contributed by atoms with van der Waals surface area (Å²) in [6, 6.07) is 4.97. The third-order valence-electron chi connectivity index (χ3n) is 3.17. The van der Waals surface area contributed by atoms with E-state index in [-0.39, 0.29) is 26.9 Å². The molecule has 27 heavy (non-hydrogen) atoms. The number of benzene rings is 1. The van der Waals surface area contributed by atoms with E-state index in [1.807, 2.05) is 0 Å². The Hall–Kier alpha value is -2.56. The van der Waals surface area contributed by atoms with Crippen molar-refractivity contribution < 1.29 is 18.1 Å². The fourth-order valence-corrected chi connectivity index (χ4v) is 4.09. The second-order valence-electron chi connectivity index (χ2n) is 6.60. The van der Waals surface area contributed by atoms with Gasteiger partial charge in [0.25, 0.3) is 5.91 Å². The molecule has 0 aliphatic heterocycles. The van der Waals surface area contributed by atoms with E-state index in [2.05, 4.69) is 15.0 Å². The number of carbonyl (C=O) groups excluding carboxylic acids is 1. The first kappa shape index (κ1) is 20.7. The lowest BCUT2D eigenvalue weighted by atomic mass is 10.1. The standard InChI is InChI=1S/C16H17ClN4O5S/c1-16(2,3)20-27(25,26)14-8-10(4-5-11(14)17)15(22)19-12-6-7-18-9-13(12)21(23)24/h4-9,20H,1-3H3,(H,18,19,22). The predicted octanol–water partition coefficient (Wildman–Crippen LogP) is 2.97. The highest BCUT2D eigenvalue weighted by Gasteiger charge is 2.26. The molecule has 144 valence electrons. The van der Waals surface area contributed by atoms with Crippen LogP contribution in [0.4, 0.5) is 11.4 Å². The molecular formula is C16H17ClN4O5S. The summed E-state index contributed by atoms with van der Waals surface area (Å²) in [6.45, 7) is 4.99. The van der Waals surface area contributed by atoms with Crippen molar-refractivity contribution in [2.45, 2.75) is 31.2 Å². The van der Waals surface area contributed by atoms with Gasteiger partial charge in [0.2, 0.25) is 10.0 Å². The largest absolute Gasteiger partial charge is 0.316 e. The smallest absolute Gasteiger partial charge is 0.310 e. The highest BCUT2D eigenvalue weighted by atomic mass is 35.5. The van der Waals surface area contributed by atoms with E-state index in [0.717, 1.165) is 12.3 Å². The maximum Gasteiger partial charge on any atom is 0.310 e. The molecular weight excluding hydrogens is 396 g/mol.